The van der Waals surface area contributed by atoms with Crippen LogP contribution in [0.25, 0.3) is 0 Å². The Bertz CT molecular complexity index is 287. The molecule has 0 bridgehead atoms. The lowest BCUT2D eigenvalue weighted by Crippen LogP contribution is -2.19. The van der Waals surface area contributed by atoms with E-state index in [1.54, 1.807) is 0 Å². The van der Waals surface area contributed by atoms with Gasteiger partial charge in [-0.1, -0.05) is 5.57 Å². The van der Waals surface area contributed by atoms with Crippen molar-refractivity contribution in [3.05, 3.63) is 11.1 Å². The summed E-state index contributed by atoms with van der Waals surface area (Å²) in [4.78, 5) is 22.0. The first-order valence-corrected chi connectivity index (χ1v) is 4.22. The van der Waals surface area contributed by atoms with E-state index in [1.165, 1.54) is 12.8 Å². The van der Waals surface area contributed by atoms with E-state index in [0.717, 1.165) is 5.57 Å². The minimum absolute atomic E-state index is 0.157. The maximum atomic E-state index is 11.2. The van der Waals surface area contributed by atoms with E-state index in [2.05, 4.69) is 5.32 Å². The van der Waals surface area contributed by atoms with Crippen molar-refractivity contribution >= 4 is 11.8 Å². The van der Waals surface area contributed by atoms with Crippen LogP contribution in [0.5, 0.6) is 0 Å². The third kappa shape index (κ3) is 1.15. The van der Waals surface area contributed by atoms with Gasteiger partial charge in [-0.2, -0.15) is 0 Å². The van der Waals surface area contributed by atoms with E-state index in [0.29, 0.717) is 17.9 Å². The highest BCUT2D eigenvalue weighted by Crippen LogP contribution is 2.38. The summed E-state index contributed by atoms with van der Waals surface area (Å²) in [7, 11) is 0. The smallest absolute Gasteiger partial charge is 0.254 e. The Morgan fingerprint density at radius 1 is 1.42 bits per heavy atom. The van der Waals surface area contributed by atoms with Crippen molar-refractivity contribution in [2.75, 3.05) is 0 Å². The van der Waals surface area contributed by atoms with Crippen LogP contribution in [0.2, 0.25) is 0 Å². The van der Waals surface area contributed by atoms with Crippen LogP contribution in [-0.4, -0.2) is 11.8 Å². The van der Waals surface area contributed by atoms with Crippen molar-refractivity contribution in [3.8, 4) is 0 Å². The highest BCUT2D eigenvalue weighted by atomic mass is 16.2. The highest BCUT2D eigenvalue weighted by Gasteiger charge is 2.32. The van der Waals surface area contributed by atoms with Crippen molar-refractivity contribution in [1.82, 2.24) is 5.32 Å². The summed E-state index contributed by atoms with van der Waals surface area (Å²) in [6.45, 7) is 1.96. The normalized spacial score (nSPS) is 27.4. The average molecular weight is 165 g/mol. The summed E-state index contributed by atoms with van der Waals surface area (Å²) in [6, 6.07) is 0. The van der Waals surface area contributed by atoms with Gasteiger partial charge in [0.25, 0.3) is 5.91 Å². The predicted molar refractivity (Wildman–Crippen MR) is 43.2 cm³/mol. The van der Waals surface area contributed by atoms with Crippen molar-refractivity contribution in [2.24, 2.45) is 5.92 Å². The molecule has 3 nitrogen and oxygen atoms in total. The molecule has 0 atom stereocenters. The molecule has 1 aliphatic heterocycles. The fraction of sp³-hybridized carbons (Fsp3) is 0.556. The van der Waals surface area contributed by atoms with Gasteiger partial charge < -0.3 is 0 Å². The Morgan fingerprint density at radius 2 is 2.08 bits per heavy atom. The summed E-state index contributed by atoms with van der Waals surface area (Å²) >= 11 is 0. The molecule has 1 N–H and O–H groups in total. The Balaban J connectivity index is 2.26. The molecule has 0 aromatic heterocycles. The Labute approximate surface area is 70.8 Å². The molecule has 0 aromatic rings. The summed E-state index contributed by atoms with van der Waals surface area (Å²) in [5.74, 6) is 0.246. The van der Waals surface area contributed by atoms with Gasteiger partial charge in [0.05, 0.1) is 6.42 Å². The van der Waals surface area contributed by atoms with Gasteiger partial charge in [0.15, 0.2) is 0 Å². The van der Waals surface area contributed by atoms with E-state index in [4.69, 9.17) is 0 Å². The standard InChI is InChI=1S/C9H11NO2/c1-5(6-2-3-6)7-4-8(11)10-9(7)12/h6H,2-4H2,1H3,(H,10,11,12)/b7-5+. The third-order valence-electron chi connectivity index (χ3n) is 2.53. The van der Waals surface area contributed by atoms with E-state index in [9.17, 15) is 9.59 Å². The number of carbonyl (C=O) groups excluding carboxylic acids is 2. The first-order chi connectivity index (χ1) is 5.68. The molecule has 1 saturated heterocycles. The van der Waals surface area contributed by atoms with E-state index >= 15 is 0 Å². The zero-order chi connectivity index (χ0) is 8.72. The Morgan fingerprint density at radius 3 is 2.50 bits per heavy atom. The van der Waals surface area contributed by atoms with Crippen LogP contribution in [0.15, 0.2) is 11.1 Å². The van der Waals surface area contributed by atoms with Crippen molar-refractivity contribution < 1.29 is 9.59 Å². The molecule has 2 amide bonds. The van der Waals surface area contributed by atoms with E-state index in [-0.39, 0.29) is 11.8 Å². The molecular formula is C9H11NO2. The van der Waals surface area contributed by atoms with Crippen LogP contribution in [0.1, 0.15) is 26.2 Å². The van der Waals surface area contributed by atoms with Crippen molar-refractivity contribution in [2.45, 2.75) is 26.2 Å². The number of rotatable bonds is 1. The molecule has 1 aliphatic carbocycles. The summed E-state index contributed by atoms with van der Waals surface area (Å²) in [5, 5.41) is 2.29. The van der Waals surface area contributed by atoms with Gasteiger partial charge in [0.1, 0.15) is 0 Å². The minimum atomic E-state index is -0.176. The van der Waals surface area contributed by atoms with Crippen LogP contribution in [0.3, 0.4) is 0 Å². The molecule has 2 aliphatic rings. The highest BCUT2D eigenvalue weighted by molar-refractivity contribution is 6.13. The quantitative estimate of drug-likeness (QED) is 0.460. The number of allylic oxidation sites excluding steroid dienone is 1. The fourth-order valence-electron chi connectivity index (χ4n) is 1.57. The molecule has 12 heavy (non-hydrogen) atoms. The monoisotopic (exact) mass is 165 g/mol. The molecule has 0 aromatic carbocycles. The Hall–Kier alpha value is -1.12. The van der Waals surface area contributed by atoms with Crippen LogP contribution in [0.4, 0.5) is 0 Å². The van der Waals surface area contributed by atoms with Gasteiger partial charge >= 0.3 is 0 Å². The lowest BCUT2D eigenvalue weighted by Gasteiger charge is -1.99. The van der Waals surface area contributed by atoms with Gasteiger partial charge in [-0.3, -0.25) is 14.9 Å². The van der Waals surface area contributed by atoms with Gasteiger partial charge in [-0.25, -0.2) is 0 Å². The zero-order valence-electron chi connectivity index (χ0n) is 7.02. The molecule has 2 fully saturated rings. The number of nitrogens with one attached hydrogen (secondary N) is 1. The molecule has 1 saturated carbocycles. The molecule has 2 rings (SSSR count). The molecule has 1 heterocycles. The topological polar surface area (TPSA) is 46.2 Å². The minimum Gasteiger partial charge on any atom is -0.292 e. The van der Waals surface area contributed by atoms with Gasteiger partial charge in [0, 0.05) is 5.57 Å². The van der Waals surface area contributed by atoms with Crippen molar-refractivity contribution in [3.63, 3.8) is 0 Å². The van der Waals surface area contributed by atoms with Gasteiger partial charge in [0.2, 0.25) is 5.91 Å². The van der Waals surface area contributed by atoms with Gasteiger partial charge in [-0.05, 0) is 25.7 Å². The second-order valence-corrected chi connectivity index (χ2v) is 3.49. The molecular weight excluding hydrogens is 154 g/mol. The number of carbonyl (C=O) groups is 2. The second kappa shape index (κ2) is 2.44. The zero-order valence-corrected chi connectivity index (χ0v) is 7.02. The third-order valence-corrected chi connectivity index (χ3v) is 2.53. The van der Waals surface area contributed by atoms with Crippen LogP contribution in [-0.2, 0) is 9.59 Å². The second-order valence-electron chi connectivity index (χ2n) is 3.49. The molecule has 0 radical (unpaired) electrons. The molecule has 0 unspecified atom stereocenters. The first-order valence-electron chi connectivity index (χ1n) is 4.22. The number of imide groups is 1. The summed E-state index contributed by atoms with van der Waals surface area (Å²) in [5.41, 5.74) is 1.83. The summed E-state index contributed by atoms with van der Waals surface area (Å²) in [6.07, 6.45) is 2.65. The van der Waals surface area contributed by atoms with Gasteiger partial charge in [-0.15, -0.1) is 0 Å². The molecule has 0 spiro atoms. The maximum Gasteiger partial charge on any atom is 0.254 e. The lowest BCUT2D eigenvalue weighted by atomic mass is 10.0. The number of hydrogen-bond acceptors (Lipinski definition) is 2. The summed E-state index contributed by atoms with van der Waals surface area (Å²) < 4.78 is 0. The SMILES string of the molecule is C/C(=C1/CC(=O)NC1=O)C1CC1. The Kier molecular flexibility index (Phi) is 1.53. The van der Waals surface area contributed by atoms with E-state index < -0.39 is 0 Å². The largest absolute Gasteiger partial charge is 0.292 e. The van der Waals surface area contributed by atoms with Crippen molar-refractivity contribution in [1.29, 1.82) is 0 Å². The number of hydrogen-bond donors (Lipinski definition) is 1. The lowest BCUT2D eigenvalue weighted by molar-refractivity contribution is -0.124. The predicted octanol–water partition coefficient (Wildman–Crippen LogP) is 0.759. The molecule has 64 valence electrons. The van der Waals surface area contributed by atoms with Crippen LogP contribution in [0, 0.1) is 5.92 Å². The molecule has 3 heteroatoms. The van der Waals surface area contributed by atoms with E-state index in [1.807, 2.05) is 6.92 Å². The fourth-order valence-corrected chi connectivity index (χ4v) is 1.57. The number of amides is 2. The van der Waals surface area contributed by atoms with Crippen LogP contribution >= 0.6 is 0 Å². The maximum absolute atomic E-state index is 11.2. The average Bonchev–Trinajstić information content (AvgIpc) is 2.77. The first kappa shape index (κ1) is 7.53. The van der Waals surface area contributed by atoms with Crippen LogP contribution < -0.4 is 5.32 Å².